The van der Waals surface area contributed by atoms with Gasteiger partial charge < -0.3 is 10.2 Å². The lowest BCUT2D eigenvalue weighted by molar-refractivity contribution is 0.0755. The van der Waals surface area contributed by atoms with Crippen molar-refractivity contribution in [1.29, 1.82) is 0 Å². The normalized spacial score (nSPS) is 10.7. The molecule has 0 saturated heterocycles. The second-order valence-electron chi connectivity index (χ2n) is 7.10. The predicted octanol–water partition coefficient (Wildman–Crippen LogP) is 5.32. The molecule has 0 saturated carbocycles. The average Bonchev–Trinajstić information content (AvgIpc) is 2.68. The number of rotatable bonds is 8. The Kier molecular flexibility index (Phi) is 7.59. The molecular formula is C23H30N2O2. The topological polar surface area (TPSA) is 49.4 Å². The summed E-state index contributed by atoms with van der Waals surface area (Å²) in [6.07, 6.45) is 1.88. The Labute approximate surface area is 162 Å². The maximum absolute atomic E-state index is 12.6. The first-order chi connectivity index (χ1) is 13.0. The first kappa shape index (κ1) is 20.7. The van der Waals surface area contributed by atoms with Crippen LogP contribution in [-0.4, -0.2) is 29.8 Å². The van der Waals surface area contributed by atoms with Gasteiger partial charge in [-0.2, -0.15) is 0 Å². The van der Waals surface area contributed by atoms with Crippen LogP contribution in [0.4, 0.5) is 5.69 Å². The Hall–Kier alpha value is -2.62. The van der Waals surface area contributed by atoms with Crippen LogP contribution in [0.1, 0.15) is 72.7 Å². The smallest absolute Gasteiger partial charge is 0.255 e. The molecule has 0 aromatic heterocycles. The van der Waals surface area contributed by atoms with Gasteiger partial charge in [-0.15, -0.1) is 0 Å². The molecule has 0 spiro atoms. The first-order valence-corrected chi connectivity index (χ1v) is 9.76. The number of benzene rings is 2. The van der Waals surface area contributed by atoms with Crippen LogP contribution in [0.2, 0.25) is 0 Å². The van der Waals surface area contributed by atoms with Crippen molar-refractivity contribution < 1.29 is 9.59 Å². The minimum absolute atomic E-state index is 0.0425. The molecule has 0 aliphatic carbocycles. The summed E-state index contributed by atoms with van der Waals surface area (Å²) in [5.41, 5.74) is 3.16. The van der Waals surface area contributed by atoms with E-state index in [0.717, 1.165) is 25.9 Å². The lowest BCUT2D eigenvalue weighted by Crippen LogP contribution is -2.32. The van der Waals surface area contributed by atoms with Gasteiger partial charge in [0.15, 0.2) is 0 Å². The van der Waals surface area contributed by atoms with Crippen molar-refractivity contribution in [3.8, 4) is 0 Å². The van der Waals surface area contributed by atoms with Crippen LogP contribution in [0.15, 0.2) is 48.5 Å². The van der Waals surface area contributed by atoms with Crippen LogP contribution in [0.5, 0.6) is 0 Å². The summed E-state index contributed by atoms with van der Waals surface area (Å²) in [4.78, 5) is 26.9. The molecule has 0 radical (unpaired) electrons. The second-order valence-corrected chi connectivity index (χ2v) is 7.10. The van der Waals surface area contributed by atoms with Crippen LogP contribution < -0.4 is 5.32 Å². The van der Waals surface area contributed by atoms with Crippen molar-refractivity contribution in [2.75, 3.05) is 18.4 Å². The van der Waals surface area contributed by atoms with Gasteiger partial charge >= 0.3 is 0 Å². The van der Waals surface area contributed by atoms with Gasteiger partial charge in [0.25, 0.3) is 11.8 Å². The van der Waals surface area contributed by atoms with Crippen LogP contribution in [0.3, 0.4) is 0 Å². The Morgan fingerprint density at radius 3 is 1.85 bits per heavy atom. The Bertz CT molecular complexity index is 743. The summed E-state index contributed by atoms with van der Waals surface area (Å²) < 4.78 is 0. The molecule has 0 bridgehead atoms. The van der Waals surface area contributed by atoms with Crippen LogP contribution in [-0.2, 0) is 0 Å². The van der Waals surface area contributed by atoms with Crippen molar-refractivity contribution in [3.63, 3.8) is 0 Å². The van der Waals surface area contributed by atoms with E-state index in [1.807, 2.05) is 29.2 Å². The highest BCUT2D eigenvalue weighted by atomic mass is 16.2. The number of hydrogen-bond acceptors (Lipinski definition) is 2. The maximum atomic E-state index is 12.6. The monoisotopic (exact) mass is 366 g/mol. The molecule has 0 heterocycles. The highest BCUT2D eigenvalue weighted by Gasteiger charge is 2.14. The molecule has 0 unspecified atom stereocenters. The van der Waals surface area contributed by atoms with Gasteiger partial charge in [0, 0.05) is 29.9 Å². The predicted molar refractivity (Wildman–Crippen MR) is 111 cm³/mol. The third kappa shape index (κ3) is 5.68. The van der Waals surface area contributed by atoms with Gasteiger partial charge in [0.05, 0.1) is 0 Å². The van der Waals surface area contributed by atoms with E-state index >= 15 is 0 Å². The molecule has 0 aliphatic rings. The molecule has 2 rings (SSSR count). The number of hydrogen-bond donors (Lipinski definition) is 1. The number of carbonyl (C=O) groups is 2. The van der Waals surface area contributed by atoms with E-state index in [1.54, 1.807) is 24.3 Å². The number of amides is 2. The summed E-state index contributed by atoms with van der Waals surface area (Å²) >= 11 is 0. The summed E-state index contributed by atoms with van der Waals surface area (Å²) in [6.45, 7) is 9.92. The second kappa shape index (κ2) is 9.91. The van der Waals surface area contributed by atoms with Crippen LogP contribution in [0.25, 0.3) is 0 Å². The summed E-state index contributed by atoms with van der Waals surface area (Å²) in [5, 5.41) is 2.89. The van der Waals surface area contributed by atoms with Gasteiger partial charge in [-0.3, -0.25) is 9.59 Å². The van der Waals surface area contributed by atoms with Gasteiger partial charge in [-0.25, -0.2) is 0 Å². The van der Waals surface area contributed by atoms with Crippen molar-refractivity contribution in [2.45, 2.75) is 46.5 Å². The van der Waals surface area contributed by atoms with E-state index in [1.165, 1.54) is 5.56 Å². The summed E-state index contributed by atoms with van der Waals surface area (Å²) in [6, 6.07) is 14.8. The quantitative estimate of drug-likeness (QED) is 0.687. The largest absolute Gasteiger partial charge is 0.339 e. The zero-order valence-corrected chi connectivity index (χ0v) is 16.8. The molecule has 27 heavy (non-hydrogen) atoms. The number of anilines is 1. The lowest BCUT2D eigenvalue weighted by atomic mass is 10.0. The third-order valence-corrected chi connectivity index (χ3v) is 4.50. The van der Waals surface area contributed by atoms with Crippen molar-refractivity contribution in [1.82, 2.24) is 4.90 Å². The van der Waals surface area contributed by atoms with Crippen LogP contribution in [0, 0.1) is 0 Å². The maximum Gasteiger partial charge on any atom is 0.255 e. The molecule has 4 heteroatoms. The van der Waals surface area contributed by atoms with Gasteiger partial charge in [0.2, 0.25) is 0 Å². The molecule has 0 fully saturated rings. The molecule has 2 amide bonds. The van der Waals surface area contributed by atoms with E-state index in [9.17, 15) is 9.59 Å². The fourth-order valence-electron chi connectivity index (χ4n) is 2.96. The minimum Gasteiger partial charge on any atom is -0.339 e. The molecule has 2 aromatic rings. The van der Waals surface area contributed by atoms with E-state index in [2.05, 4.69) is 33.0 Å². The third-order valence-electron chi connectivity index (χ3n) is 4.50. The summed E-state index contributed by atoms with van der Waals surface area (Å²) in [5.74, 6) is 0.330. The summed E-state index contributed by atoms with van der Waals surface area (Å²) in [7, 11) is 0. The van der Waals surface area contributed by atoms with E-state index in [-0.39, 0.29) is 11.8 Å². The zero-order chi connectivity index (χ0) is 19.8. The highest BCUT2D eigenvalue weighted by molar-refractivity contribution is 6.04. The average molecular weight is 367 g/mol. The van der Waals surface area contributed by atoms with Crippen molar-refractivity contribution >= 4 is 17.5 Å². The SMILES string of the molecule is CCCN(CCC)C(=O)c1ccc(NC(=O)c2ccc(C(C)C)cc2)cc1. The van der Waals surface area contributed by atoms with E-state index < -0.39 is 0 Å². The molecule has 144 valence electrons. The number of nitrogens with one attached hydrogen (secondary N) is 1. The highest BCUT2D eigenvalue weighted by Crippen LogP contribution is 2.17. The molecule has 1 N–H and O–H groups in total. The van der Waals surface area contributed by atoms with E-state index in [0.29, 0.717) is 22.7 Å². The van der Waals surface area contributed by atoms with Gasteiger partial charge in [0.1, 0.15) is 0 Å². The fraction of sp³-hybridized carbons (Fsp3) is 0.391. The number of carbonyl (C=O) groups excluding carboxylic acids is 2. The molecule has 0 atom stereocenters. The van der Waals surface area contributed by atoms with E-state index in [4.69, 9.17) is 0 Å². The first-order valence-electron chi connectivity index (χ1n) is 9.76. The Morgan fingerprint density at radius 2 is 1.37 bits per heavy atom. The zero-order valence-electron chi connectivity index (χ0n) is 16.8. The fourth-order valence-corrected chi connectivity index (χ4v) is 2.96. The lowest BCUT2D eigenvalue weighted by Gasteiger charge is -2.21. The minimum atomic E-state index is -0.150. The van der Waals surface area contributed by atoms with Crippen molar-refractivity contribution in [2.24, 2.45) is 0 Å². The molecular weight excluding hydrogens is 336 g/mol. The standard InChI is InChI=1S/C23H30N2O2/c1-5-15-25(16-6-2)23(27)20-11-13-21(14-12-20)24-22(26)19-9-7-18(8-10-19)17(3)4/h7-14,17H,5-6,15-16H2,1-4H3,(H,24,26). The van der Waals surface area contributed by atoms with Gasteiger partial charge in [-0.1, -0.05) is 39.8 Å². The molecule has 4 nitrogen and oxygen atoms in total. The molecule has 0 aliphatic heterocycles. The molecule has 2 aromatic carbocycles. The van der Waals surface area contributed by atoms with Gasteiger partial charge in [-0.05, 0) is 60.7 Å². The number of nitrogens with zero attached hydrogens (tertiary/aromatic N) is 1. The Balaban J connectivity index is 2.04. The Morgan fingerprint density at radius 1 is 0.852 bits per heavy atom. The van der Waals surface area contributed by atoms with Crippen molar-refractivity contribution in [3.05, 3.63) is 65.2 Å². The van der Waals surface area contributed by atoms with Crippen LogP contribution >= 0.6 is 0 Å².